The van der Waals surface area contributed by atoms with Gasteiger partial charge in [-0.25, -0.2) is 19.2 Å². The predicted molar refractivity (Wildman–Crippen MR) is 76.3 cm³/mol. The molecule has 0 fully saturated rings. The lowest BCUT2D eigenvalue weighted by molar-refractivity contribution is -0.138. The molecule has 0 heterocycles. The molecule has 0 aliphatic heterocycles. The van der Waals surface area contributed by atoms with Crippen molar-refractivity contribution in [3.63, 3.8) is 0 Å². The molecule has 0 saturated carbocycles. The quantitative estimate of drug-likeness (QED) is 0.474. The molecule has 0 aromatic rings. The minimum Gasteiger partial charge on any atom is -0.478 e. The second-order valence-corrected chi connectivity index (χ2v) is 3.70. The van der Waals surface area contributed by atoms with Crippen LogP contribution in [-0.4, -0.2) is 45.8 Å². The molecule has 8 nitrogen and oxygen atoms in total. The van der Waals surface area contributed by atoms with Gasteiger partial charge in [-0.05, 0) is 19.8 Å². The molecule has 22 heavy (non-hydrogen) atoms. The Bertz CT molecular complexity index is 449. The summed E-state index contributed by atoms with van der Waals surface area (Å²) in [7, 11) is 0. The summed E-state index contributed by atoms with van der Waals surface area (Å²) in [5.74, 6) is -4.08. The number of ether oxygens (including phenoxy) is 1. The Morgan fingerprint density at radius 3 is 1.45 bits per heavy atom. The Hall–Kier alpha value is -2.64. The predicted octanol–water partition coefficient (Wildman–Crippen LogP) is 1.46. The van der Waals surface area contributed by atoms with Crippen LogP contribution in [0, 0.1) is 0 Å². The van der Waals surface area contributed by atoms with Crippen molar-refractivity contribution in [3.8, 4) is 0 Å². The zero-order chi connectivity index (χ0) is 17.7. The first-order valence-corrected chi connectivity index (χ1v) is 6.47. The van der Waals surface area contributed by atoms with Crippen LogP contribution in [0.25, 0.3) is 0 Å². The first kappa shape index (κ1) is 21.7. The minimum absolute atomic E-state index is 0.00926. The monoisotopic (exact) mass is 316 g/mol. The zero-order valence-electron chi connectivity index (χ0n) is 12.7. The highest BCUT2D eigenvalue weighted by atomic mass is 16.5. The van der Waals surface area contributed by atoms with E-state index in [0.29, 0.717) is 0 Å². The molecule has 0 rings (SSSR count). The Morgan fingerprint density at radius 2 is 1.23 bits per heavy atom. The lowest BCUT2D eigenvalue weighted by Gasteiger charge is -2.03. The van der Waals surface area contributed by atoms with Crippen LogP contribution >= 0.6 is 0 Å². The molecular formula is C14H20O8. The summed E-state index contributed by atoms with van der Waals surface area (Å²) in [5.41, 5.74) is -0.0185. The van der Waals surface area contributed by atoms with Crippen LogP contribution in [0.3, 0.4) is 0 Å². The summed E-state index contributed by atoms with van der Waals surface area (Å²) in [6, 6.07) is 0. The van der Waals surface area contributed by atoms with E-state index in [1.165, 1.54) is 0 Å². The van der Waals surface area contributed by atoms with Crippen LogP contribution in [0.4, 0.5) is 0 Å². The van der Waals surface area contributed by atoms with Gasteiger partial charge in [0.15, 0.2) is 0 Å². The van der Waals surface area contributed by atoms with Crippen molar-refractivity contribution >= 4 is 23.9 Å². The lowest BCUT2D eigenvalue weighted by Crippen LogP contribution is -2.10. The van der Waals surface area contributed by atoms with Crippen LogP contribution in [0.2, 0.25) is 0 Å². The van der Waals surface area contributed by atoms with Gasteiger partial charge in [-0.2, -0.15) is 0 Å². The van der Waals surface area contributed by atoms with E-state index in [9.17, 15) is 19.2 Å². The summed E-state index contributed by atoms with van der Waals surface area (Å²) in [6.07, 6.45) is 2.08. The third-order valence-electron chi connectivity index (χ3n) is 2.24. The smallest absolute Gasteiger partial charge is 0.332 e. The first-order valence-electron chi connectivity index (χ1n) is 6.47. The topological polar surface area (TPSA) is 138 Å². The average molecular weight is 316 g/mol. The van der Waals surface area contributed by atoms with Gasteiger partial charge >= 0.3 is 23.9 Å². The summed E-state index contributed by atoms with van der Waals surface area (Å²) in [6.45, 7) is 5.15. The Labute approximate surface area is 127 Å². The van der Waals surface area contributed by atoms with E-state index in [1.54, 1.807) is 20.8 Å². The highest BCUT2D eigenvalue weighted by molar-refractivity contribution is 5.98. The van der Waals surface area contributed by atoms with E-state index < -0.39 is 23.9 Å². The molecule has 0 saturated heterocycles. The van der Waals surface area contributed by atoms with Crippen LogP contribution in [0.1, 0.15) is 33.6 Å². The summed E-state index contributed by atoms with van der Waals surface area (Å²) in [5, 5.41) is 25.2. The first-order chi connectivity index (χ1) is 10.2. The van der Waals surface area contributed by atoms with Gasteiger partial charge in [0, 0.05) is 23.3 Å². The minimum atomic E-state index is -1.16. The van der Waals surface area contributed by atoms with Crippen molar-refractivity contribution < 1.29 is 39.2 Å². The molecule has 0 radical (unpaired) electrons. The molecule has 124 valence electrons. The van der Waals surface area contributed by atoms with Crippen molar-refractivity contribution in [2.45, 2.75) is 33.6 Å². The van der Waals surface area contributed by atoms with Crippen molar-refractivity contribution in [2.24, 2.45) is 0 Å². The van der Waals surface area contributed by atoms with Crippen LogP contribution in [-0.2, 0) is 23.9 Å². The highest BCUT2D eigenvalue weighted by Crippen LogP contribution is 2.12. The number of carbonyl (C=O) groups excluding carboxylic acids is 1. The fraction of sp³-hybridized carbons (Fsp3) is 0.429. The molecular weight excluding hydrogens is 296 g/mol. The van der Waals surface area contributed by atoms with Gasteiger partial charge in [0.05, 0.1) is 6.61 Å². The van der Waals surface area contributed by atoms with Crippen molar-refractivity contribution in [1.29, 1.82) is 0 Å². The van der Waals surface area contributed by atoms with Crippen LogP contribution in [0.5, 0.6) is 0 Å². The number of esters is 1. The Morgan fingerprint density at radius 1 is 0.818 bits per heavy atom. The summed E-state index contributed by atoms with van der Waals surface area (Å²) in [4.78, 5) is 41.2. The maximum atomic E-state index is 10.5. The lowest BCUT2D eigenvalue weighted by atomic mass is 10.0. The maximum Gasteiger partial charge on any atom is 0.332 e. The molecule has 0 unspecified atom stereocenters. The standard InChI is InChI=1S/C8H12O4.C6H8O4/c1-3-5(7(9)10)6(4-2)8(11)12;1-2-10-6(9)4-3-5(7)8/h3-4H2,1-2H3,(H,9,10)(H,11,12);3-4H,2H2,1H3,(H,7,8)/b6-5-;4-3-. The van der Waals surface area contributed by atoms with Crippen molar-refractivity contribution in [1.82, 2.24) is 0 Å². The second kappa shape index (κ2) is 12.1. The number of carbonyl (C=O) groups is 4. The molecule has 3 N–H and O–H groups in total. The number of carboxylic acid groups (broad SMARTS) is 3. The Balaban J connectivity index is 0. The fourth-order valence-corrected chi connectivity index (χ4v) is 1.32. The molecule has 0 aliphatic carbocycles. The largest absolute Gasteiger partial charge is 0.478 e. The number of aliphatic carboxylic acids is 3. The fourth-order valence-electron chi connectivity index (χ4n) is 1.32. The van der Waals surface area contributed by atoms with E-state index >= 15 is 0 Å². The SMILES string of the molecule is CC/C(C(=O)O)=C(\CC)C(=O)O.CCOC(=O)/C=C\C(=O)O. The van der Waals surface area contributed by atoms with Crippen molar-refractivity contribution in [3.05, 3.63) is 23.3 Å². The number of hydrogen-bond donors (Lipinski definition) is 3. The van der Waals surface area contributed by atoms with Crippen molar-refractivity contribution in [2.75, 3.05) is 6.61 Å². The van der Waals surface area contributed by atoms with Crippen LogP contribution in [0.15, 0.2) is 23.3 Å². The molecule has 0 spiro atoms. The second-order valence-electron chi connectivity index (χ2n) is 3.70. The van der Waals surface area contributed by atoms with Gasteiger partial charge in [-0.15, -0.1) is 0 Å². The van der Waals surface area contributed by atoms with E-state index in [4.69, 9.17) is 15.3 Å². The van der Waals surface area contributed by atoms with Gasteiger partial charge in [0.1, 0.15) is 0 Å². The number of rotatable bonds is 7. The van der Waals surface area contributed by atoms with Gasteiger partial charge in [-0.1, -0.05) is 13.8 Å². The maximum absolute atomic E-state index is 10.5. The molecule has 0 aromatic carbocycles. The van der Waals surface area contributed by atoms with Gasteiger partial charge in [0.25, 0.3) is 0 Å². The molecule has 0 aromatic heterocycles. The summed E-state index contributed by atoms with van der Waals surface area (Å²) >= 11 is 0. The van der Waals surface area contributed by atoms with E-state index in [2.05, 4.69) is 4.74 Å². The summed E-state index contributed by atoms with van der Waals surface area (Å²) < 4.78 is 4.40. The average Bonchev–Trinajstić information content (AvgIpc) is 2.42. The molecule has 0 amide bonds. The highest BCUT2D eigenvalue weighted by Gasteiger charge is 2.16. The van der Waals surface area contributed by atoms with Crippen LogP contribution < -0.4 is 0 Å². The molecule has 0 aliphatic rings. The van der Waals surface area contributed by atoms with Gasteiger partial charge in [-0.3, -0.25) is 0 Å². The van der Waals surface area contributed by atoms with E-state index in [1.807, 2.05) is 0 Å². The Kier molecular flexibility index (Phi) is 11.9. The molecule has 8 heteroatoms. The molecule has 0 bridgehead atoms. The van der Waals surface area contributed by atoms with Gasteiger partial charge in [0.2, 0.25) is 0 Å². The zero-order valence-corrected chi connectivity index (χ0v) is 12.7. The van der Waals surface area contributed by atoms with Gasteiger partial charge < -0.3 is 20.1 Å². The molecule has 0 atom stereocenters. The third kappa shape index (κ3) is 10.2. The number of carboxylic acids is 3. The third-order valence-corrected chi connectivity index (χ3v) is 2.24. The number of hydrogen-bond acceptors (Lipinski definition) is 5. The normalized spacial score (nSPS) is 11.0. The van der Waals surface area contributed by atoms with E-state index in [0.717, 1.165) is 12.2 Å². The van der Waals surface area contributed by atoms with E-state index in [-0.39, 0.29) is 30.6 Å².